The second-order valence-electron chi connectivity index (χ2n) is 8.14. The van der Waals surface area contributed by atoms with Crippen LogP contribution in [-0.2, 0) is 16.8 Å². The summed E-state index contributed by atoms with van der Waals surface area (Å²) < 4.78 is 5.26. The molecule has 1 aliphatic rings. The normalized spacial score (nSPS) is 20.0. The first-order valence-electron chi connectivity index (χ1n) is 10.8. The number of aliphatic hydroxyl groups is 1. The highest BCUT2D eigenvalue weighted by Gasteiger charge is 2.45. The Morgan fingerprint density at radius 3 is 2.79 bits per heavy atom. The van der Waals surface area contributed by atoms with Crippen molar-refractivity contribution < 1.29 is 14.6 Å². The third-order valence-electron chi connectivity index (χ3n) is 6.09. The van der Waals surface area contributed by atoms with Gasteiger partial charge in [0, 0.05) is 19.3 Å². The van der Waals surface area contributed by atoms with Crippen LogP contribution in [0.15, 0.2) is 72.9 Å². The van der Waals surface area contributed by atoms with Gasteiger partial charge < -0.3 is 20.1 Å². The molecule has 0 spiro atoms. The smallest absolute Gasteiger partial charge is 0.225 e. The third kappa shape index (κ3) is 4.81. The molecular weight excluding hydrogens is 416 g/mol. The maximum atomic E-state index is 13.1. The van der Waals surface area contributed by atoms with Gasteiger partial charge in [0.1, 0.15) is 11.6 Å². The van der Waals surface area contributed by atoms with Crippen LogP contribution in [0.2, 0.25) is 0 Å². The molecule has 4 rings (SSSR count). The van der Waals surface area contributed by atoms with Gasteiger partial charge in [0.25, 0.3) is 0 Å². The van der Waals surface area contributed by atoms with Crippen LogP contribution in [0.4, 0.5) is 5.82 Å². The number of carbonyl (C=O) groups excluding carboxylic acids is 1. The number of hydrogen-bond donors (Lipinski definition) is 2. The topological polar surface area (TPSA) is 98.5 Å². The number of pyridine rings is 1. The van der Waals surface area contributed by atoms with Gasteiger partial charge in [-0.15, -0.1) is 0 Å². The van der Waals surface area contributed by atoms with Crippen molar-refractivity contribution in [2.45, 2.75) is 24.5 Å². The minimum absolute atomic E-state index is 0.175. The van der Waals surface area contributed by atoms with Crippen molar-refractivity contribution in [1.29, 1.82) is 5.26 Å². The van der Waals surface area contributed by atoms with E-state index in [-0.39, 0.29) is 18.9 Å². The minimum atomic E-state index is -0.930. The van der Waals surface area contributed by atoms with E-state index in [1.165, 1.54) is 0 Å². The summed E-state index contributed by atoms with van der Waals surface area (Å²) in [4.78, 5) is 19.4. The van der Waals surface area contributed by atoms with Gasteiger partial charge in [-0.3, -0.25) is 4.79 Å². The zero-order valence-corrected chi connectivity index (χ0v) is 18.4. The van der Waals surface area contributed by atoms with E-state index in [1.807, 2.05) is 59.5 Å². The van der Waals surface area contributed by atoms with Crippen molar-refractivity contribution in [3.63, 3.8) is 0 Å². The molecule has 0 bridgehead atoms. The molecule has 7 heteroatoms. The average molecular weight is 443 g/mol. The van der Waals surface area contributed by atoms with Gasteiger partial charge in [-0.05, 0) is 41.8 Å². The van der Waals surface area contributed by atoms with Crippen molar-refractivity contribution in [2.75, 3.05) is 25.1 Å². The summed E-state index contributed by atoms with van der Waals surface area (Å²) in [6.07, 6.45) is 1.37. The SMILES string of the molecule is COc1cccc(CC(=O)N[C@@]2(c3ccccc3)CCN(c3cc(C#N)ccn3)C[C@H]2O)c1. The third-order valence-corrected chi connectivity index (χ3v) is 6.09. The summed E-state index contributed by atoms with van der Waals surface area (Å²) in [5.74, 6) is 1.15. The van der Waals surface area contributed by atoms with E-state index in [2.05, 4.69) is 16.4 Å². The van der Waals surface area contributed by atoms with Gasteiger partial charge in [-0.25, -0.2) is 4.98 Å². The number of rotatable bonds is 6. The number of aliphatic hydroxyl groups excluding tert-OH is 1. The highest BCUT2D eigenvalue weighted by molar-refractivity contribution is 5.80. The molecule has 1 aromatic heterocycles. The fraction of sp³-hybridized carbons (Fsp3) is 0.269. The largest absolute Gasteiger partial charge is 0.497 e. The Balaban J connectivity index is 1.58. The molecule has 1 saturated heterocycles. The fourth-order valence-corrected chi connectivity index (χ4v) is 4.35. The zero-order chi connectivity index (χ0) is 23.3. The first-order chi connectivity index (χ1) is 16.0. The predicted octanol–water partition coefficient (Wildman–Crippen LogP) is 2.79. The Morgan fingerprint density at radius 2 is 2.06 bits per heavy atom. The molecule has 0 radical (unpaired) electrons. The van der Waals surface area contributed by atoms with Crippen LogP contribution < -0.4 is 15.0 Å². The number of nitrogens with one attached hydrogen (secondary N) is 1. The molecule has 7 nitrogen and oxygen atoms in total. The maximum Gasteiger partial charge on any atom is 0.225 e. The monoisotopic (exact) mass is 442 g/mol. The molecule has 2 heterocycles. The van der Waals surface area contributed by atoms with Crippen molar-refractivity contribution in [1.82, 2.24) is 10.3 Å². The van der Waals surface area contributed by atoms with E-state index in [0.29, 0.717) is 30.1 Å². The standard InChI is InChI=1S/C26H26N4O3/c1-33-22-9-5-6-19(14-22)16-25(32)29-26(21-7-3-2-4-8-21)11-13-30(18-23(26)31)24-15-20(17-27)10-12-28-24/h2-10,12,14-15,23,31H,11,13,16,18H2,1H3,(H,29,32)/t23-,26-/m1/s1. The number of benzene rings is 2. The van der Waals surface area contributed by atoms with Crippen LogP contribution in [0.1, 0.15) is 23.1 Å². The summed E-state index contributed by atoms with van der Waals surface area (Å²) in [5.41, 5.74) is 1.27. The molecule has 1 aliphatic heterocycles. The summed E-state index contributed by atoms with van der Waals surface area (Å²) in [6.45, 7) is 0.837. The number of nitriles is 1. The number of ether oxygens (including phenoxy) is 1. The number of anilines is 1. The van der Waals surface area contributed by atoms with Crippen molar-refractivity contribution in [3.8, 4) is 11.8 Å². The minimum Gasteiger partial charge on any atom is -0.497 e. The summed E-state index contributed by atoms with van der Waals surface area (Å²) >= 11 is 0. The van der Waals surface area contributed by atoms with E-state index >= 15 is 0 Å². The molecular formula is C26H26N4O3. The molecule has 33 heavy (non-hydrogen) atoms. The molecule has 0 aliphatic carbocycles. The van der Waals surface area contributed by atoms with E-state index in [0.717, 1.165) is 11.1 Å². The summed E-state index contributed by atoms with van der Waals surface area (Å²) in [6, 6.07) is 22.5. The number of carbonyl (C=O) groups is 1. The van der Waals surface area contributed by atoms with E-state index in [4.69, 9.17) is 4.74 Å². The van der Waals surface area contributed by atoms with Crippen molar-refractivity contribution in [3.05, 3.63) is 89.6 Å². The van der Waals surface area contributed by atoms with Crippen LogP contribution in [0, 0.1) is 11.3 Å². The zero-order valence-electron chi connectivity index (χ0n) is 18.4. The highest BCUT2D eigenvalue weighted by atomic mass is 16.5. The Hall–Kier alpha value is -3.89. The molecule has 1 amide bonds. The van der Waals surface area contributed by atoms with Crippen LogP contribution in [0.3, 0.4) is 0 Å². The van der Waals surface area contributed by atoms with Gasteiger partial charge >= 0.3 is 0 Å². The maximum absolute atomic E-state index is 13.1. The van der Waals surface area contributed by atoms with Gasteiger partial charge in [0.05, 0.1) is 36.8 Å². The lowest BCUT2D eigenvalue weighted by Crippen LogP contribution is -2.62. The first-order valence-corrected chi connectivity index (χ1v) is 10.8. The Labute approximate surface area is 193 Å². The Kier molecular flexibility index (Phi) is 6.57. The van der Waals surface area contributed by atoms with Gasteiger partial charge in [-0.2, -0.15) is 5.26 Å². The Morgan fingerprint density at radius 1 is 1.24 bits per heavy atom. The Bertz CT molecular complexity index is 1160. The van der Waals surface area contributed by atoms with E-state index in [1.54, 1.807) is 25.4 Å². The molecule has 2 aromatic carbocycles. The molecule has 0 saturated carbocycles. The number of hydrogen-bond acceptors (Lipinski definition) is 6. The number of β-amino-alcohol motifs (C(OH)–C–C–N with tert-alkyl or cyclic N) is 1. The van der Waals surface area contributed by atoms with Crippen LogP contribution in [0.25, 0.3) is 0 Å². The number of nitrogens with zero attached hydrogens (tertiary/aromatic N) is 3. The number of amides is 1. The summed E-state index contributed by atoms with van der Waals surface area (Å²) in [7, 11) is 1.59. The lowest BCUT2D eigenvalue weighted by Gasteiger charge is -2.46. The molecule has 1 fully saturated rings. The molecule has 3 aromatic rings. The average Bonchev–Trinajstić information content (AvgIpc) is 2.86. The van der Waals surface area contributed by atoms with Gasteiger partial charge in [-0.1, -0.05) is 42.5 Å². The van der Waals surface area contributed by atoms with Crippen LogP contribution in [0.5, 0.6) is 5.75 Å². The highest BCUT2D eigenvalue weighted by Crippen LogP contribution is 2.35. The second kappa shape index (κ2) is 9.72. The first kappa shape index (κ1) is 22.3. The van der Waals surface area contributed by atoms with E-state index < -0.39 is 11.6 Å². The molecule has 2 atom stereocenters. The van der Waals surface area contributed by atoms with E-state index in [9.17, 15) is 15.2 Å². The number of piperidine rings is 1. The van der Waals surface area contributed by atoms with Gasteiger partial charge in [0.15, 0.2) is 0 Å². The van der Waals surface area contributed by atoms with Gasteiger partial charge in [0.2, 0.25) is 5.91 Å². The summed E-state index contributed by atoms with van der Waals surface area (Å²) in [5, 5.41) is 23.7. The number of methoxy groups -OCH3 is 1. The molecule has 2 N–H and O–H groups in total. The van der Waals surface area contributed by atoms with Crippen molar-refractivity contribution in [2.24, 2.45) is 0 Å². The molecule has 168 valence electrons. The fourth-order valence-electron chi connectivity index (χ4n) is 4.35. The quantitative estimate of drug-likeness (QED) is 0.609. The number of aromatic nitrogens is 1. The van der Waals surface area contributed by atoms with Crippen LogP contribution in [-0.4, -0.2) is 42.3 Å². The van der Waals surface area contributed by atoms with Crippen LogP contribution >= 0.6 is 0 Å². The second-order valence-corrected chi connectivity index (χ2v) is 8.14. The predicted molar refractivity (Wildman–Crippen MR) is 125 cm³/mol. The molecule has 0 unspecified atom stereocenters. The lowest BCUT2D eigenvalue weighted by molar-refractivity contribution is -0.124. The van der Waals surface area contributed by atoms with Crippen molar-refractivity contribution >= 4 is 11.7 Å². The lowest BCUT2D eigenvalue weighted by atomic mass is 9.78.